The Labute approximate surface area is 175 Å². The quantitative estimate of drug-likeness (QED) is 0.634. The second-order valence-electron chi connectivity index (χ2n) is 7.51. The normalized spacial score (nSPS) is 15.3. The summed E-state index contributed by atoms with van der Waals surface area (Å²) in [6.45, 7) is 3.09. The summed E-state index contributed by atoms with van der Waals surface area (Å²) in [4.78, 5) is 19.2. The third kappa shape index (κ3) is 5.00. The van der Waals surface area contributed by atoms with Crippen LogP contribution in [0.3, 0.4) is 0 Å². The monoisotopic (exact) mass is 404 g/mol. The Morgan fingerprint density at radius 2 is 1.97 bits per heavy atom. The van der Waals surface area contributed by atoms with Crippen molar-refractivity contribution in [2.45, 2.75) is 19.3 Å². The number of rotatable bonds is 6. The highest BCUT2D eigenvalue weighted by atomic mass is 32.1. The van der Waals surface area contributed by atoms with Gasteiger partial charge in [-0.1, -0.05) is 36.4 Å². The minimum Gasteiger partial charge on any atom is -0.355 e. The summed E-state index contributed by atoms with van der Waals surface area (Å²) in [6.07, 6.45) is 2.39. The van der Waals surface area contributed by atoms with Gasteiger partial charge in [0.2, 0.25) is 5.91 Å². The van der Waals surface area contributed by atoms with Crippen LogP contribution >= 0.6 is 11.3 Å². The van der Waals surface area contributed by atoms with Crippen molar-refractivity contribution in [1.29, 1.82) is 5.26 Å². The maximum absolute atomic E-state index is 12.4. The molecule has 1 aliphatic rings. The van der Waals surface area contributed by atoms with Crippen molar-refractivity contribution < 1.29 is 4.79 Å². The maximum Gasteiger partial charge on any atom is 0.226 e. The summed E-state index contributed by atoms with van der Waals surface area (Å²) in [5, 5.41) is 12.7. The highest BCUT2D eigenvalue weighted by molar-refractivity contribution is 7.18. The molecule has 3 aromatic rings. The molecule has 1 saturated heterocycles. The number of likely N-dealkylation sites (tertiary alicyclic amines) is 1. The molecule has 0 radical (unpaired) electrons. The van der Waals surface area contributed by atoms with Gasteiger partial charge in [-0.05, 0) is 55.1 Å². The van der Waals surface area contributed by atoms with Crippen LogP contribution in [0.2, 0.25) is 0 Å². The van der Waals surface area contributed by atoms with Crippen LogP contribution in [0.15, 0.2) is 48.5 Å². The number of hydrogen-bond acceptors (Lipinski definition) is 5. The van der Waals surface area contributed by atoms with Crippen LogP contribution in [-0.2, 0) is 11.2 Å². The van der Waals surface area contributed by atoms with E-state index < -0.39 is 0 Å². The van der Waals surface area contributed by atoms with E-state index in [1.54, 1.807) is 11.3 Å². The average Bonchev–Trinajstić information content (AvgIpc) is 3.15. The van der Waals surface area contributed by atoms with E-state index in [1.807, 2.05) is 24.3 Å². The number of carbonyl (C=O) groups is 1. The number of amides is 1. The van der Waals surface area contributed by atoms with Gasteiger partial charge in [0.15, 0.2) is 0 Å². The van der Waals surface area contributed by atoms with E-state index in [2.05, 4.69) is 45.5 Å². The molecule has 1 aromatic heterocycles. The molecule has 4 rings (SSSR count). The first-order chi connectivity index (χ1) is 14.2. The molecule has 1 fully saturated rings. The molecule has 2 heterocycles. The lowest BCUT2D eigenvalue weighted by atomic mass is 9.97. The maximum atomic E-state index is 12.4. The predicted molar refractivity (Wildman–Crippen MR) is 117 cm³/mol. The van der Waals surface area contributed by atoms with Crippen LogP contribution in [0.5, 0.6) is 0 Å². The van der Waals surface area contributed by atoms with Crippen molar-refractivity contribution in [3.05, 3.63) is 53.5 Å². The van der Waals surface area contributed by atoms with E-state index in [0.29, 0.717) is 25.4 Å². The van der Waals surface area contributed by atoms with Gasteiger partial charge in [-0.3, -0.25) is 9.69 Å². The summed E-state index contributed by atoms with van der Waals surface area (Å²) in [5.74, 6) is 0.532. The summed E-state index contributed by atoms with van der Waals surface area (Å²) in [7, 11) is 0. The first-order valence-corrected chi connectivity index (χ1v) is 10.8. The number of nitrogens with one attached hydrogen (secondary N) is 1. The first kappa shape index (κ1) is 19.6. The number of benzene rings is 2. The zero-order valence-corrected chi connectivity index (χ0v) is 17.1. The lowest BCUT2D eigenvalue weighted by molar-refractivity contribution is -0.120. The van der Waals surface area contributed by atoms with Crippen LogP contribution in [0.1, 0.15) is 17.8 Å². The molecule has 29 heavy (non-hydrogen) atoms. The SMILES string of the molecule is N#CCN1CCC(CNC(=O)Cc2nc3ccc(-c4ccccc4)cc3s2)CC1. The molecular weight excluding hydrogens is 380 g/mol. The Hall–Kier alpha value is -2.75. The van der Waals surface area contributed by atoms with Crippen LogP contribution < -0.4 is 5.32 Å². The Morgan fingerprint density at radius 1 is 1.17 bits per heavy atom. The largest absolute Gasteiger partial charge is 0.355 e. The van der Waals surface area contributed by atoms with E-state index in [4.69, 9.17) is 5.26 Å². The van der Waals surface area contributed by atoms with Crippen molar-refractivity contribution in [2.75, 3.05) is 26.2 Å². The average molecular weight is 405 g/mol. The minimum atomic E-state index is 0.0341. The molecule has 0 bridgehead atoms. The minimum absolute atomic E-state index is 0.0341. The zero-order valence-electron chi connectivity index (χ0n) is 16.3. The van der Waals surface area contributed by atoms with E-state index in [1.165, 1.54) is 11.1 Å². The third-order valence-corrected chi connectivity index (χ3v) is 6.46. The zero-order chi connectivity index (χ0) is 20.1. The molecule has 0 spiro atoms. The Balaban J connectivity index is 1.32. The van der Waals surface area contributed by atoms with Gasteiger partial charge in [0, 0.05) is 6.54 Å². The smallest absolute Gasteiger partial charge is 0.226 e. The molecule has 1 amide bonds. The molecule has 1 N–H and O–H groups in total. The van der Waals surface area contributed by atoms with Gasteiger partial charge in [0.1, 0.15) is 5.01 Å². The standard InChI is InChI=1S/C23H24N4OS/c24-10-13-27-11-8-17(9-12-27)16-25-22(28)15-23-26-20-7-6-19(14-21(20)29-23)18-4-2-1-3-5-18/h1-7,14,17H,8-9,11-13,15-16H2,(H,25,28). The lowest BCUT2D eigenvalue weighted by Gasteiger charge is -2.30. The van der Waals surface area contributed by atoms with E-state index in [-0.39, 0.29) is 5.91 Å². The highest BCUT2D eigenvalue weighted by Crippen LogP contribution is 2.28. The molecular formula is C23H24N4OS. The molecule has 2 aromatic carbocycles. The topological polar surface area (TPSA) is 69.0 Å². The summed E-state index contributed by atoms with van der Waals surface area (Å²) < 4.78 is 1.11. The number of fused-ring (bicyclic) bond motifs is 1. The lowest BCUT2D eigenvalue weighted by Crippen LogP contribution is -2.39. The fourth-order valence-corrected chi connectivity index (χ4v) is 4.77. The summed E-state index contributed by atoms with van der Waals surface area (Å²) >= 11 is 1.59. The predicted octanol–water partition coefficient (Wildman–Crippen LogP) is 3.86. The van der Waals surface area contributed by atoms with Gasteiger partial charge in [-0.15, -0.1) is 11.3 Å². The van der Waals surface area contributed by atoms with E-state index >= 15 is 0 Å². The van der Waals surface area contributed by atoms with Gasteiger partial charge >= 0.3 is 0 Å². The van der Waals surface area contributed by atoms with Crippen molar-refractivity contribution in [3.63, 3.8) is 0 Å². The third-order valence-electron chi connectivity index (χ3n) is 5.44. The van der Waals surface area contributed by atoms with Crippen molar-refractivity contribution in [2.24, 2.45) is 5.92 Å². The Morgan fingerprint density at radius 3 is 2.72 bits per heavy atom. The van der Waals surface area contributed by atoms with Crippen LogP contribution in [0.4, 0.5) is 0 Å². The molecule has 0 atom stereocenters. The summed E-state index contributed by atoms with van der Waals surface area (Å²) in [5.41, 5.74) is 3.30. The first-order valence-electron chi connectivity index (χ1n) is 10.0. The van der Waals surface area contributed by atoms with Gasteiger partial charge in [-0.25, -0.2) is 4.98 Å². The van der Waals surface area contributed by atoms with Gasteiger partial charge in [0.05, 0.1) is 29.3 Å². The molecule has 6 heteroatoms. The number of hydrogen-bond donors (Lipinski definition) is 1. The number of nitrogens with zero attached hydrogens (tertiary/aromatic N) is 3. The Kier molecular flexibility index (Phi) is 6.18. The number of carbonyl (C=O) groups excluding carboxylic acids is 1. The second-order valence-corrected chi connectivity index (χ2v) is 8.63. The van der Waals surface area contributed by atoms with Crippen LogP contribution in [0, 0.1) is 17.2 Å². The fourth-order valence-electron chi connectivity index (χ4n) is 3.76. The molecule has 148 valence electrons. The van der Waals surface area contributed by atoms with Gasteiger partial charge in [0.25, 0.3) is 0 Å². The van der Waals surface area contributed by atoms with Crippen molar-refractivity contribution in [3.8, 4) is 17.2 Å². The van der Waals surface area contributed by atoms with Crippen LogP contribution in [-0.4, -0.2) is 42.0 Å². The number of nitriles is 1. The molecule has 0 saturated carbocycles. The van der Waals surface area contributed by atoms with Crippen molar-refractivity contribution in [1.82, 2.24) is 15.2 Å². The number of thiazole rings is 1. The van der Waals surface area contributed by atoms with Crippen molar-refractivity contribution >= 4 is 27.5 Å². The fraction of sp³-hybridized carbons (Fsp3) is 0.348. The van der Waals surface area contributed by atoms with Gasteiger partial charge in [-0.2, -0.15) is 5.26 Å². The van der Waals surface area contributed by atoms with E-state index in [0.717, 1.165) is 41.2 Å². The summed E-state index contributed by atoms with van der Waals surface area (Å²) in [6, 6.07) is 18.8. The molecule has 0 unspecified atom stereocenters. The molecule has 1 aliphatic heterocycles. The van der Waals surface area contributed by atoms with Gasteiger partial charge < -0.3 is 5.32 Å². The van der Waals surface area contributed by atoms with E-state index in [9.17, 15) is 4.79 Å². The number of piperidine rings is 1. The number of aromatic nitrogens is 1. The van der Waals surface area contributed by atoms with Crippen LogP contribution in [0.25, 0.3) is 21.3 Å². The Bertz CT molecular complexity index is 1020. The second kappa shape index (κ2) is 9.17. The molecule has 0 aliphatic carbocycles. The highest BCUT2D eigenvalue weighted by Gasteiger charge is 2.19. The molecule has 5 nitrogen and oxygen atoms in total.